The zero-order valence-corrected chi connectivity index (χ0v) is 13.5. The summed E-state index contributed by atoms with van der Waals surface area (Å²) in [6.45, 7) is 3.21. The second-order valence-electron chi connectivity index (χ2n) is 5.10. The van der Waals surface area contributed by atoms with Gasteiger partial charge in [-0.05, 0) is 31.1 Å². The van der Waals surface area contributed by atoms with Gasteiger partial charge in [-0.3, -0.25) is 0 Å². The fourth-order valence-electron chi connectivity index (χ4n) is 2.41. The molecular formula is C13H23N3O2S2. The van der Waals surface area contributed by atoms with Gasteiger partial charge < -0.3 is 10.3 Å². The van der Waals surface area contributed by atoms with E-state index in [1.165, 1.54) is 0 Å². The predicted octanol–water partition coefficient (Wildman–Crippen LogP) is 1.53. The fourth-order valence-corrected chi connectivity index (χ4v) is 4.92. The molecule has 114 valence electrons. The van der Waals surface area contributed by atoms with Crippen LogP contribution in [0.2, 0.25) is 0 Å². The van der Waals surface area contributed by atoms with Gasteiger partial charge in [-0.25, -0.2) is 13.1 Å². The fraction of sp³-hybridized carbons (Fsp3) is 0.692. The minimum atomic E-state index is -3.43. The van der Waals surface area contributed by atoms with Crippen LogP contribution in [0, 0.1) is 0 Å². The third-order valence-electron chi connectivity index (χ3n) is 3.43. The minimum absolute atomic E-state index is 0.0506. The van der Waals surface area contributed by atoms with Gasteiger partial charge in [-0.2, -0.15) is 11.8 Å². The number of nitrogens with two attached hydrogens (primary N) is 1. The molecule has 2 rings (SSSR count). The lowest BCUT2D eigenvalue weighted by atomic mass is 10.2. The first-order chi connectivity index (χ1) is 9.56. The van der Waals surface area contributed by atoms with Gasteiger partial charge in [-0.15, -0.1) is 0 Å². The minimum Gasteiger partial charge on any atom is -0.349 e. The van der Waals surface area contributed by atoms with Gasteiger partial charge >= 0.3 is 0 Å². The van der Waals surface area contributed by atoms with E-state index in [0.717, 1.165) is 43.0 Å². The van der Waals surface area contributed by atoms with Crippen LogP contribution in [-0.4, -0.2) is 30.5 Å². The summed E-state index contributed by atoms with van der Waals surface area (Å²) in [6, 6.07) is 1.74. The molecule has 20 heavy (non-hydrogen) atoms. The monoisotopic (exact) mass is 317 g/mol. The molecular weight excluding hydrogens is 294 g/mol. The topological polar surface area (TPSA) is 77.1 Å². The Balaban J connectivity index is 2.15. The lowest BCUT2D eigenvalue weighted by Gasteiger charge is -2.21. The second kappa shape index (κ2) is 6.98. The second-order valence-corrected chi connectivity index (χ2v) is 7.96. The van der Waals surface area contributed by atoms with Gasteiger partial charge in [0.2, 0.25) is 10.0 Å². The number of sulfonamides is 1. The standard InChI is InChI=1S/C13H23N3O2S2/c1-2-5-16-9-13(7-12(16)8-14)20(17,18)15-11-4-3-6-19-10-11/h7,9,11,15H,2-6,8,10,14H2,1H3. The first-order valence-corrected chi connectivity index (χ1v) is 9.69. The average molecular weight is 317 g/mol. The molecule has 1 aliphatic rings. The quantitative estimate of drug-likeness (QED) is 0.834. The summed E-state index contributed by atoms with van der Waals surface area (Å²) < 4.78 is 29.6. The molecule has 2 heterocycles. The molecule has 1 unspecified atom stereocenters. The van der Waals surface area contributed by atoms with Crippen molar-refractivity contribution in [3.05, 3.63) is 18.0 Å². The Hall–Kier alpha value is -0.500. The van der Waals surface area contributed by atoms with Gasteiger partial charge in [0.25, 0.3) is 0 Å². The Morgan fingerprint density at radius 3 is 2.95 bits per heavy atom. The zero-order valence-electron chi connectivity index (χ0n) is 11.8. The normalized spacial score (nSPS) is 20.2. The van der Waals surface area contributed by atoms with Crippen LogP contribution in [0.1, 0.15) is 31.9 Å². The summed E-state index contributed by atoms with van der Waals surface area (Å²) in [7, 11) is -3.43. The number of rotatable bonds is 6. The van der Waals surface area contributed by atoms with Crippen molar-refractivity contribution in [3.63, 3.8) is 0 Å². The van der Waals surface area contributed by atoms with Crippen LogP contribution in [0.4, 0.5) is 0 Å². The highest BCUT2D eigenvalue weighted by Crippen LogP contribution is 2.20. The number of thioether (sulfide) groups is 1. The van der Waals surface area contributed by atoms with Crippen LogP contribution in [0.15, 0.2) is 17.2 Å². The van der Waals surface area contributed by atoms with Crippen molar-refractivity contribution in [1.29, 1.82) is 0 Å². The number of aromatic nitrogens is 1. The molecule has 1 fully saturated rings. The molecule has 0 bridgehead atoms. The number of hydrogen-bond donors (Lipinski definition) is 2. The van der Waals surface area contributed by atoms with Gasteiger partial charge in [0.1, 0.15) is 0 Å². The van der Waals surface area contributed by atoms with Crippen molar-refractivity contribution in [2.75, 3.05) is 11.5 Å². The summed E-state index contributed by atoms with van der Waals surface area (Å²) in [5.74, 6) is 1.99. The smallest absolute Gasteiger partial charge is 0.242 e. The lowest BCUT2D eigenvalue weighted by molar-refractivity contribution is 0.542. The van der Waals surface area contributed by atoms with Gasteiger partial charge in [0.15, 0.2) is 0 Å². The van der Waals surface area contributed by atoms with E-state index in [1.54, 1.807) is 12.3 Å². The van der Waals surface area contributed by atoms with E-state index in [0.29, 0.717) is 11.4 Å². The van der Waals surface area contributed by atoms with Crippen LogP contribution in [0.5, 0.6) is 0 Å². The predicted molar refractivity (Wildman–Crippen MR) is 83.3 cm³/mol. The summed E-state index contributed by atoms with van der Waals surface area (Å²) in [4.78, 5) is 0.335. The largest absolute Gasteiger partial charge is 0.349 e. The Bertz CT molecular complexity index is 534. The van der Waals surface area contributed by atoms with Crippen molar-refractivity contribution >= 4 is 21.8 Å². The number of aryl methyl sites for hydroxylation is 1. The molecule has 1 aromatic rings. The highest BCUT2D eigenvalue weighted by Gasteiger charge is 2.23. The highest BCUT2D eigenvalue weighted by atomic mass is 32.2. The molecule has 0 aromatic carbocycles. The molecule has 1 aliphatic heterocycles. The maximum atomic E-state index is 12.4. The molecule has 0 amide bonds. The van der Waals surface area contributed by atoms with E-state index in [9.17, 15) is 8.42 Å². The number of nitrogens with one attached hydrogen (secondary N) is 1. The molecule has 0 saturated carbocycles. The maximum absolute atomic E-state index is 12.4. The summed E-state index contributed by atoms with van der Waals surface area (Å²) in [5, 5.41) is 0. The Labute approximate surface area is 125 Å². The van der Waals surface area contributed by atoms with E-state index in [2.05, 4.69) is 11.6 Å². The van der Waals surface area contributed by atoms with E-state index < -0.39 is 10.0 Å². The van der Waals surface area contributed by atoms with Crippen molar-refractivity contribution in [2.24, 2.45) is 5.73 Å². The first kappa shape index (κ1) is 15.9. The highest BCUT2D eigenvalue weighted by molar-refractivity contribution is 7.99. The van der Waals surface area contributed by atoms with Crippen LogP contribution < -0.4 is 10.5 Å². The SMILES string of the molecule is CCCn1cc(S(=O)(=O)NC2CCCSC2)cc1CN. The van der Waals surface area contributed by atoms with Crippen molar-refractivity contribution in [1.82, 2.24) is 9.29 Å². The van der Waals surface area contributed by atoms with Crippen molar-refractivity contribution in [2.45, 2.75) is 50.2 Å². The Morgan fingerprint density at radius 2 is 2.35 bits per heavy atom. The molecule has 1 saturated heterocycles. The van der Waals surface area contributed by atoms with Crippen molar-refractivity contribution < 1.29 is 8.42 Å². The molecule has 5 nitrogen and oxygen atoms in total. The molecule has 0 spiro atoms. The number of hydrogen-bond acceptors (Lipinski definition) is 4. The lowest BCUT2D eigenvalue weighted by Crippen LogP contribution is -2.38. The maximum Gasteiger partial charge on any atom is 0.242 e. The molecule has 1 aromatic heterocycles. The van der Waals surface area contributed by atoms with Crippen LogP contribution in [0.3, 0.4) is 0 Å². The Morgan fingerprint density at radius 1 is 1.55 bits per heavy atom. The third kappa shape index (κ3) is 3.78. The van der Waals surface area contributed by atoms with Gasteiger partial charge in [0, 0.05) is 36.8 Å². The number of nitrogens with zero attached hydrogens (tertiary/aromatic N) is 1. The summed E-state index contributed by atoms with van der Waals surface area (Å²) >= 11 is 1.81. The molecule has 1 atom stereocenters. The van der Waals surface area contributed by atoms with Gasteiger partial charge in [-0.1, -0.05) is 6.92 Å². The van der Waals surface area contributed by atoms with E-state index in [1.807, 2.05) is 16.3 Å². The van der Waals surface area contributed by atoms with Crippen molar-refractivity contribution in [3.8, 4) is 0 Å². The van der Waals surface area contributed by atoms with E-state index in [-0.39, 0.29) is 6.04 Å². The third-order valence-corrected chi connectivity index (χ3v) is 6.13. The molecule has 0 aliphatic carbocycles. The van der Waals surface area contributed by atoms with E-state index >= 15 is 0 Å². The Kier molecular flexibility index (Phi) is 5.54. The first-order valence-electron chi connectivity index (χ1n) is 7.06. The summed E-state index contributed by atoms with van der Waals surface area (Å²) in [6.07, 6.45) is 4.65. The zero-order chi connectivity index (χ0) is 14.6. The molecule has 3 N–H and O–H groups in total. The summed E-state index contributed by atoms with van der Waals surface area (Å²) in [5.41, 5.74) is 6.55. The van der Waals surface area contributed by atoms with Crippen LogP contribution in [-0.2, 0) is 23.1 Å². The molecule has 0 radical (unpaired) electrons. The van der Waals surface area contributed by atoms with Crippen LogP contribution >= 0.6 is 11.8 Å². The molecule has 7 heteroatoms. The van der Waals surface area contributed by atoms with Crippen LogP contribution in [0.25, 0.3) is 0 Å². The average Bonchev–Trinajstić information content (AvgIpc) is 2.84. The van der Waals surface area contributed by atoms with Gasteiger partial charge in [0.05, 0.1) is 4.90 Å². The van der Waals surface area contributed by atoms with E-state index in [4.69, 9.17) is 5.73 Å².